The maximum Gasteiger partial charge on any atom is 0.236 e. The van der Waals surface area contributed by atoms with Crippen LogP contribution in [0.4, 0.5) is 0 Å². The molecule has 0 aliphatic carbocycles. The second-order valence-electron chi connectivity index (χ2n) is 4.60. The number of rotatable bonds is 3. The van der Waals surface area contributed by atoms with Crippen LogP contribution in [0.2, 0.25) is 0 Å². The third kappa shape index (κ3) is 2.69. The smallest absolute Gasteiger partial charge is 0.236 e. The fourth-order valence-corrected chi connectivity index (χ4v) is 2.27. The Morgan fingerprint density at radius 1 is 1.33 bits per heavy atom. The zero-order chi connectivity index (χ0) is 10.7. The van der Waals surface area contributed by atoms with Gasteiger partial charge >= 0.3 is 0 Å². The SMILES string of the molecule is CCC1CN(CC(=O)N2CCNCC2)C1. The Hall–Kier alpha value is -0.610. The maximum absolute atomic E-state index is 11.9. The molecule has 1 amide bonds. The third-order valence-electron chi connectivity index (χ3n) is 3.44. The number of nitrogens with zero attached hydrogens (tertiary/aromatic N) is 2. The molecule has 15 heavy (non-hydrogen) atoms. The van der Waals surface area contributed by atoms with E-state index in [-0.39, 0.29) is 0 Å². The van der Waals surface area contributed by atoms with Gasteiger partial charge in [-0.1, -0.05) is 13.3 Å². The Bertz CT molecular complexity index is 220. The van der Waals surface area contributed by atoms with E-state index in [0.29, 0.717) is 12.5 Å². The van der Waals surface area contributed by atoms with Gasteiger partial charge in [0, 0.05) is 39.3 Å². The number of likely N-dealkylation sites (tertiary alicyclic amines) is 1. The molecule has 1 N–H and O–H groups in total. The molecule has 2 aliphatic rings. The van der Waals surface area contributed by atoms with E-state index in [1.807, 2.05) is 4.90 Å². The Kier molecular flexibility index (Phi) is 3.59. The molecule has 0 atom stereocenters. The Morgan fingerprint density at radius 3 is 2.60 bits per heavy atom. The van der Waals surface area contributed by atoms with Gasteiger partial charge in [-0.25, -0.2) is 0 Å². The first kappa shape index (κ1) is 10.9. The van der Waals surface area contributed by atoms with Crippen molar-refractivity contribution in [2.75, 3.05) is 45.8 Å². The van der Waals surface area contributed by atoms with Gasteiger partial charge in [0.15, 0.2) is 0 Å². The minimum atomic E-state index is 0.311. The monoisotopic (exact) mass is 211 g/mol. The molecule has 2 heterocycles. The molecule has 2 aliphatic heterocycles. The number of nitrogens with one attached hydrogen (secondary N) is 1. The Balaban J connectivity index is 1.68. The Morgan fingerprint density at radius 2 is 2.00 bits per heavy atom. The molecule has 0 aromatic carbocycles. The Labute approximate surface area is 91.6 Å². The highest BCUT2D eigenvalue weighted by Gasteiger charge is 2.28. The summed E-state index contributed by atoms with van der Waals surface area (Å²) in [5.74, 6) is 1.15. The van der Waals surface area contributed by atoms with E-state index in [9.17, 15) is 4.79 Å². The van der Waals surface area contributed by atoms with Crippen molar-refractivity contribution in [2.24, 2.45) is 5.92 Å². The molecule has 0 aromatic rings. The van der Waals surface area contributed by atoms with E-state index in [1.165, 1.54) is 6.42 Å². The van der Waals surface area contributed by atoms with Crippen LogP contribution in [0.25, 0.3) is 0 Å². The van der Waals surface area contributed by atoms with Crippen molar-refractivity contribution < 1.29 is 4.79 Å². The quantitative estimate of drug-likeness (QED) is 0.700. The lowest BCUT2D eigenvalue weighted by molar-refractivity contribution is -0.134. The maximum atomic E-state index is 11.9. The van der Waals surface area contributed by atoms with Gasteiger partial charge in [0.1, 0.15) is 0 Å². The molecule has 0 radical (unpaired) electrons. The van der Waals surface area contributed by atoms with Crippen molar-refractivity contribution in [3.63, 3.8) is 0 Å². The molecule has 2 rings (SSSR count). The van der Waals surface area contributed by atoms with E-state index < -0.39 is 0 Å². The molecule has 0 spiro atoms. The molecule has 0 aromatic heterocycles. The second-order valence-corrected chi connectivity index (χ2v) is 4.60. The summed E-state index contributed by atoms with van der Waals surface area (Å²) in [5.41, 5.74) is 0. The van der Waals surface area contributed by atoms with E-state index in [4.69, 9.17) is 0 Å². The van der Waals surface area contributed by atoms with Crippen LogP contribution >= 0.6 is 0 Å². The molecule has 0 bridgehead atoms. The first-order chi connectivity index (χ1) is 7.29. The van der Waals surface area contributed by atoms with Crippen LogP contribution in [0, 0.1) is 5.92 Å². The fraction of sp³-hybridized carbons (Fsp3) is 0.909. The van der Waals surface area contributed by atoms with Crippen molar-refractivity contribution in [3.8, 4) is 0 Å². The molecule has 4 nitrogen and oxygen atoms in total. The predicted octanol–water partition coefficient (Wildman–Crippen LogP) is -0.240. The van der Waals surface area contributed by atoms with E-state index >= 15 is 0 Å². The lowest BCUT2D eigenvalue weighted by Gasteiger charge is -2.39. The molecule has 0 saturated carbocycles. The van der Waals surface area contributed by atoms with Gasteiger partial charge in [-0.15, -0.1) is 0 Å². The van der Waals surface area contributed by atoms with Crippen molar-refractivity contribution in [3.05, 3.63) is 0 Å². The highest BCUT2D eigenvalue weighted by molar-refractivity contribution is 5.78. The highest BCUT2D eigenvalue weighted by Crippen LogP contribution is 2.17. The average Bonchev–Trinajstić information content (AvgIpc) is 2.23. The molecule has 2 fully saturated rings. The standard InChI is InChI=1S/C11H21N3O/c1-2-10-7-13(8-10)9-11(15)14-5-3-12-4-6-14/h10,12H,2-9H2,1H3. The fourth-order valence-electron chi connectivity index (χ4n) is 2.27. The second kappa shape index (κ2) is 4.94. The van der Waals surface area contributed by atoms with Gasteiger partial charge in [-0.05, 0) is 5.92 Å². The lowest BCUT2D eigenvalue weighted by atomic mass is 9.97. The van der Waals surface area contributed by atoms with Crippen LogP contribution in [0.5, 0.6) is 0 Å². The van der Waals surface area contributed by atoms with Gasteiger partial charge in [0.2, 0.25) is 5.91 Å². The van der Waals surface area contributed by atoms with Gasteiger partial charge in [0.05, 0.1) is 6.54 Å². The number of carbonyl (C=O) groups excluding carboxylic acids is 1. The van der Waals surface area contributed by atoms with Crippen LogP contribution in [-0.4, -0.2) is 61.5 Å². The van der Waals surface area contributed by atoms with Crippen molar-refractivity contribution in [1.82, 2.24) is 15.1 Å². The molecular weight excluding hydrogens is 190 g/mol. The molecular formula is C11H21N3O. The largest absolute Gasteiger partial charge is 0.339 e. The van der Waals surface area contributed by atoms with Crippen molar-refractivity contribution >= 4 is 5.91 Å². The lowest BCUT2D eigenvalue weighted by Crippen LogP contribution is -2.54. The zero-order valence-corrected chi connectivity index (χ0v) is 9.54. The summed E-state index contributed by atoms with van der Waals surface area (Å²) in [6.07, 6.45) is 1.25. The van der Waals surface area contributed by atoms with Crippen molar-refractivity contribution in [2.45, 2.75) is 13.3 Å². The third-order valence-corrected chi connectivity index (χ3v) is 3.44. The van der Waals surface area contributed by atoms with Gasteiger partial charge in [-0.2, -0.15) is 0 Å². The zero-order valence-electron chi connectivity index (χ0n) is 9.54. The van der Waals surface area contributed by atoms with Crippen LogP contribution in [-0.2, 0) is 4.79 Å². The molecule has 4 heteroatoms. The van der Waals surface area contributed by atoms with Gasteiger partial charge in [0.25, 0.3) is 0 Å². The summed E-state index contributed by atoms with van der Waals surface area (Å²) in [7, 11) is 0. The van der Waals surface area contributed by atoms with Crippen LogP contribution < -0.4 is 5.32 Å². The van der Waals surface area contributed by atoms with Crippen LogP contribution in [0.1, 0.15) is 13.3 Å². The average molecular weight is 211 g/mol. The normalized spacial score (nSPS) is 23.9. The molecule has 86 valence electrons. The predicted molar refractivity (Wildman–Crippen MR) is 59.7 cm³/mol. The number of carbonyl (C=O) groups is 1. The highest BCUT2D eigenvalue weighted by atomic mass is 16.2. The van der Waals surface area contributed by atoms with Crippen LogP contribution in [0.15, 0.2) is 0 Å². The number of hydrogen-bond acceptors (Lipinski definition) is 3. The summed E-state index contributed by atoms with van der Waals surface area (Å²) < 4.78 is 0. The van der Waals surface area contributed by atoms with E-state index in [1.54, 1.807) is 0 Å². The minimum absolute atomic E-state index is 0.311. The van der Waals surface area contributed by atoms with Crippen LogP contribution in [0.3, 0.4) is 0 Å². The van der Waals surface area contributed by atoms with E-state index in [0.717, 1.165) is 45.2 Å². The van der Waals surface area contributed by atoms with E-state index in [2.05, 4.69) is 17.1 Å². The summed E-state index contributed by atoms with van der Waals surface area (Å²) >= 11 is 0. The first-order valence-corrected chi connectivity index (χ1v) is 6.00. The summed E-state index contributed by atoms with van der Waals surface area (Å²) in [4.78, 5) is 16.1. The minimum Gasteiger partial charge on any atom is -0.339 e. The van der Waals surface area contributed by atoms with Gasteiger partial charge in [-0.3, -0.25) is 9.69 Å². The number of amides is 1. The summed E-state index contributed by atoms with van der Waals surface area (Å²) in [5, 5.41) is 3.26. The van der Waals surface area contributed by atoms with Gasteiger partial charge < -0.3 is 10.2 Å². The number of piperazine rings is 1. The summed E-state index contributed by atoms with van der Waals surface area (Å²) in [6, 6.07) is 0. The number of hydrogen-bond donors (Lipinski definition) is 1. The molecule has 2 saturated heterocycles. The first-order valence-electron chi connectivity index (χ1n) is 6.00. The molecule has 0 unspecified atom stereocenters. The topological polar surface area (TPSA) is 35.6 Å². The van der Waals surface area contributed by atoms with Crippen molar-refractivity contribution in [1.29, 1.82) is 0 Å². The summed E-state index contributed by atoms with van der Waals surface area (Å²) in [6.45, 7) is 8.75.